The molecular weight excluding hydrogens is 572 g/mol. The second-order valence-corrected chi connectivity index (χ2v) is 13.3. The summed E-state index contributed by atoms with van der Waals surface area (Å²) in [6, 6.07) is 21.6. The van der Waals surface area contributed by atoms with Gasteiger partial charge in [0.2, 0.25) is 11.9 Å². The Bertz CT molecular complexity index is 1460. The highest BCUT2D eigenvalue weighted by atomic mass is 15.3. The second-order valence-electron chi connectivity index (χ2n) is 13.3. The van der Waals surface area contributed by atoms with Crippen molar-refractivity contribution in [1.29, 1.82) is 0 Å². The zero-order valence-corrected chi connectivity index (χ0v) is 26.7. The first-order valence-electron chi connectivity index (χ1n) is 17.3. The number of fused-ring (bicyclic) bond motifs is 2. The number of anilines is 4. The van der Waals surface area contributed by atoms with Crippen LogP contribution < -0.4 is 21.3 Å². The Balaban J connectivity index is 0.000000147. The van der Waals surface area contributed by atoms with E-state index in [4.69, 9.17) is 11.5 Å². The lowest BCUT2D eigenvalue weighted by atomic mass is 9.78. The van der Waals surface area contributed by atoms with Crippen LogP contribution in [-0.4, -0.2) is 55.5 Å². The van der Waals surface area contributed by atoms with Gasteiger partial charge in [-0.2, -0.15) is 0 Å². The number of rotatable bonds is 4. The smallest absolute Gasteiger partial charge is 0.240 e. The van der Waals surface area contributed by atoms with Gasteiger partial charge in [0.15, 0.2) is 11.6 Å². The van der Waals surface area contributed by atoms with Crippen molar-refractivity contribution in [3.8, 4) is 22.5 Å². The molecule has 2 aromatic carbocycles. The molecule has 4 fully saturated rings. The summed E-state index contributed by atoms with van der Waals surface area (Å²) >= 11 is 0. The fourth-order valence-corrected chi connectivity index (χ4v) is 8.41. The van der Waals surface area contributed by atoms with Crippen molar-refractivity contribution in [2.75, 3.05) is 34.4 Å². The number of hydrogen-bond acceptors (Lipinski definition) is 10. The third kappa shape index (κ3) is 6.48. The monoisotopic (exact) mass is 618 g/mol. The van der Waals surface area contributed by atoms with Crippen molar-refractivity contribution in [3.05, 3.63) is 60.7 Å². The number of aromatic nitrogens is 6. The van der Waals surface area contributed by atoms with Crippen LogP contribution in [0.1, 0.15) is 77.0 Å². The van der Waals surface area contributed by atoms with Gasteiger partial charge in [-0.25, -0.2) is 9.97 Å². The van der Waals surface area contributed by atoms with Crippen molar-refractivity contribution < 1.29 is 0 Å². The first kappa shape index (κ1) is 30.3. The Hall–Kier alpha value is -4.34. The molecule has 4 aliphatic rings. The molecule has 2 aliphatic heterocycles. The molecule has 2 saturated heterocycles. The summed E-state index contributed by atoms with van der Waals surface area (Å²) in [4.78, 5) is 13.9. The number of hydrogen-bond donors (Lipinski definition) is 2. The SMILES string of the molecule is Nc1nnc(N2CCCC3CCCCC32)c(-c2ccccc2)n1.Nc1nnc(N2CCCC3CCCCC32)c(-c2ccccc2)n1. The Kier molecular flexibility index (Phi) is 9.21. The summed E-state index contributed by atoms with van der Waals surface area (Å²) < 4.78 is 0. The molecule has 4 atom stereocenters. The van der Waals surface area contributed by atoms with E-state index >= 15 is 0 Å². The zero-order valence-electron chi connectivity index (χ0n) is 26.7. The topological polar surface area (TPSA) is 136 Å². The Morgan fingerprint density at radius 1 is 0.478 bits per heavy atom. The number of nitrogen functional groups attached to an aromatic ring is 2. The van der Waals surface area contributed by atoms with E-state index < -0.39 is 0 Å². The third-order valence-corrected chi connectivity index (χ3v) is 10.5. The zero-order chi connectivity index (χ0) is 31.3. The van der Waals surface area contributed by atoms with E-state index in [1.807, 2.05) is 36.4 Å². The van der Waals surface area contributed by atoms with Gasteiger partial charge >= 0.3 is 0 Å². The van der Waals surface area contributed by atoms with Crippen LogP contribution in [-0.2, 0) is 0 Å². The summed E-state index contributed by atoms with van der Waals surface area (Å²) in [6.45, 7) is 2.09. The minimum absolute atomic E-state index is 0.241. The fraction of sp³-hybridized carbons (Fsp3) is 0.500. The van der Waals surface area contributed by atoms with Gasteiger partial charge in [-0.3, -0.25) is 0 Å². The predicted molar refractivity (Wildman–Crippen MR) is 184 cm³/mol. The van der Waals surface area contributed by atoms with E-state index in [2.05, 4.69) is 64.4 Å². The maximum atomic E-state index is 5.82. The largest absolute Gasteiger partial charge is 0.366 e. The summed E-state index contributed by atoms with van der Waals surface area (Å²) in [5, 5.41) is 17.0. The van der Waals surface area contributed by atoms with Crippen LogP contribution in [0.15, 0.2) is 60.7 Å². The van der Waals surface area contributed by atoms with Gasteiger partial charge in [-0.05, 0) is 63.2 Å². The lowest BCUT2D eigenvalue weighted by molar-refractivity contribution is 0.242. The molecule has 10 heteroatoms. The van der Waals surface area contributed by atoms with Crippen LogP contribution in [0.5, 0.6) is 0 Å². The summed E-state index contributed by atoms with van der Waals surface area (Å²) in [6.07, 6.45) is 15.7. The van der Waals surface area contributed by atoms with Gasteiger partial charge in [0.1, 0.15) is 11.4 Å². The molecule has 240 valence electrons. The highest BCUT2D eigenvalue weighted by Gasteiger charge is 2.37. The van der Waals surface area contributed by atoms with Gasteiger partial charge < -0.3 is 21.3 Å². The van der Waals surface area contributed by atoms with E-state index in [9.17, 15) is 0 Å². The first-order chi connectivity index (χ1) is 22.7. The number of piperidine rings is 2. The molecule has 0 amide bonds. The minimum Gasteiger partial charge on any atom is -0.366 e. The summed E-state index contributed by atoms with van der Waals surface area (Å²) in [5.74, 6) is 3.87. The molecule has 0 bridgehead atoms. The van der Waals surface area contributed by atoms with Gasteiger partial charge in [0.25, 0.3) is 0 Å². The molecular formula is C36H46N10. The summed E-state index contributed by atoms with van der Waals surface area (Å²) in [7, 11) is 0. The van der Waals surface area contributed by atoms with Crippen molar-refractivity contribution in [1.82, 2.24) is 30.4 Å². The Morgan fingerprint density at radius 2 is 0.870 bits per heavy atom. The maximum absolute atomic E-state index is 5.82. The van der Waals surface area contributed by atoms with Crippen LogP contribution in [0.25, 0.3) is 22.5 Å². The predicted octanol–water partition coefficient (Wildman–Crippen LogP) is 6.56. The molecule has 4 N–H and O–H groups in total. The van der Waals surface area contributed by atoms with Gasteiger partial charge in [0, 0.05) is 36.3 Å². The molecule has 0 spiro atoms. The highest BCUT2D eigenvalue weighted by molar-refractivity contribution is 5.74. The van der Waals surface area contributed by atoms with Crippen LogP contribution >= 0.6 is 0 Å². The minimum atomic E-state index is 0.241. The maximum Gasteiger partial charge on any atom is 0.240 e. The molecule has 2 aliphatic carbocycles. The van der Waals surface area contributed by atoms with E-state index in [0.717, 1.165) is 59.1 Å². The molecule has 4 aromatic rings. The number of nitrogens with two attached hydrogens (primary N) is 2. The van der Waals surface area contributed by atoms with Crippen molar-refractivity contribution in [3.63, 3.8) is 0 Å². The molecule has 4 heterocycles. The van der Waals surface area contributed by atoms with Crippen molar-refractivity contribution in [2.24, 2.45) is 11.8 Å². The van der Waals surface area contributed by atoms with Crippen molar-refractivity contribution in [2.45, 2.75) is 89.1 Å². The van der Waals surface area contributed by atoms with Gasteiger partial charge in [-0.1, -0.05) is 86.3 Å². The quantitative estimate of drug-likeness (QED) is 0.259. The van der Waals surface area contributed by atoms with Crippen LogP contribution in [0.4, 0.5) is 23.5 Å². The molecule has 2 saturated carbocycles. The standard InChI is InChI=1S/2C18H23N5/c2*19-18-20-16(14-8-2-1-3-9-14)17(21-22-18)23-12-6-10-13-7-4-5-11-15(13)23/h2*1-3,8-9,13,15H,4-7,10-12H2,(H2,19,20,22). The Labute approximate surface area is 272 Å². The number of nitrogens with zero attached hydrogens (tertiary/aromatic N) is 8. The fourth-order valence-electron chi connectivity index (χ4n) is 8.41. The molecule has 0 radical (unpaired) electrons. The van der Waals surface area contributed by atoms with Crippen molar-refractivity contribution >= 4 is 23.5 Å². The van der Waals surface area contributed by atoms with Gasteiger partial charge in [0.05, 0.1) is 0 Å². The van der Waals surface area contributed by atoms with Crippen LogP contribution in [0, 0.1) is 11.8 Å². The third-order valence-electron chi connectivity index (χ3n) is 10.5. The van der Waals surface area contributed by atoms with Crippen LogP contribution in [0.2, 0.25) is 0 Å². The molecule has 46 heavy (non-hydrogen) atoms. The number of benzene rings is 2. The van der Waals surface area contributed by atoms with E-state index in [-0.39, 0.29) is 11.9 Å². The normalized spacial score (nSPS) is 24.3. The van der Waals surface area contributed by atoms with E-state index in [1.54, 1.807) is 0 Å². The Morgan fingerprint density at radius 3 is 1.30 bits per heavy atom. The molecule has 4 unspecified atom stereocenters. The lowest BCUT2D eigenvalue weighted by Gasteiger charge is -2.44. The summed E-state index contributed by atoms with van der Waals surface area (Å²) in [5.41, 5.74) is 15.5. The molecule has 2 aromatic heterocycles. The first-order valence-corrected chi connectivity index (χ1v) is 17.3. The van der Waals surface area contributed by atoms with Crippen LogP contribution in [0.3, 0.4) is 0 Å². The molecule has 10 nitrogen and oxygen atoms in total. The second kappa shape index (κ2) is 14.0. The van der Waals surface area contributed by atoms with E-state index in [0.29, 0.717) is 12.1 Å². The van der Waals surface area contributed by atoms with Gasteiger partial charge in [-0.15, -0.1) is 20.4 Å². The lowest BCUT2D eigenvalue weighted by Crippen LogP contribution is -2.47. The average Bonchev–Trinajstić information content (AvgIpc) is 3.12. The highest BCUT2D eigenvalue weighted by Crippen LogP contribution is 2.41. The average molecular weight is 619 g/mol. The molecule has 8 rings (SSSR count). The van der Waals surface area contributed by atoms with E-state index in [1.165, 1.54) is 77.0 Å².